The van der Waals surface area contributed by atoms with E-state index in [1.807, 2.05) is 23.1 Å². The molecule has 63 heavy (non-hydrogen) atoms. The van der Waals surface area contributed by atoms with E-state index >= 15 is 0 Å². The summed E-state index contributed by atoms with van der Waals surface area (Å²) in [5, 5.41) is 7.64. The monoisotopic (exact) mass is 836 g/mol. The van der Waals surface area contributed by atoms with Gasteiger partial charge >= 0.3 is 0 Å². The maximum atomic E-state index is 2.54. The zero-order valence-corrected chi connectivity index (χ0v) is 35.6. The molecule has 294 valence electrons. The number of rotatable bonds is 4. The van der Waals surface area contributed by atoms with Crippen molar-refractivity contribution in [2.24, 2.45) is 0 Å². The molecule has 2 aliphatic rings. The van der Waals surface area contributed by atoms with Gasteiger partial charge in [0, 0.05) is 57.8 Å². The van der Waals surface area contributed by atoms with E-state index in [1.165, 1.54) is 102 Å². The van der Waals surface area contributed by atoms with E-state index in [0.717, 1.165) is 17.1 Å². The second-order valence-corrected chi connectivity index (χ2v) is 18.9. The van der Waals surface area contributed by atoms with Crippen molar-refractivity contribution in [3.63, 3.8) is 0 Å². The van der Waals surface area contributed by atoms with Gasteiger partial charge < -0.3 is 9.47 Å². The molecule has 1 atom stereocenters. The fraction of sp³-hybridized carbons (Fsp3) is 0.0169. The van der Waals surface area contributed by atoms with Crippen molar-refractivity contribution in [3.05, 3.63) is 241 Å². The Bertz CT molecular complexity index is 3850. The minimum absolute atomic E-state index is 0.561. The largest absolute Gasteiger partial charge is 0.310 e. The molecule has 10 aromatic carbocycles. The molecule has 1 aliphatic heterocycles. The van der Waals surface area contributed by atoms with Gasteiger partial charge in [0.25, 0.3) is 0 Å². The fourth-order valence-corrected chi connectivity index (χ4v) is 13.4. The highest BCUT2D eigenvalue weighted by Gasteiger charge is 2.48. The normalized spacial score (nSPS) is 15.0. The second kappa shape index (κ2) is 13.3. The smallest absolute Gasteiger partial charge is 0.0736 e. The molecule has 4 heteroatoms. The Kier molecular flexibility index (Phi) is 7.45. The molecule has 0 saturated carbocycles. The number of aromatic nitrogens is 1. The van der Waals surface area contributed by atoms with Gasteiger partial charge in [-0.3, -0.25) is 0 Å². The molecular formula is C59H36N2S2. The first-order valence-corrected chi connectivity index (χ1v) is 23.2. The van der Waals surface area contributed by atoms with E-state index < -0.39 is 5.41 Å². The molecule has 0 N–H and O–H groups in total. The number of nitrogens with zero attached hydrogens (tertiary/aromatic N) is 2. The van der Waals surface area contributed by atoms with Crippen molar-refractivity contribution >= 4 is 92.9 Å². The molecule has 0 amide bonds. The summed E-state index contributed by atoms with van der Waals surface area (Å²) < 4.78 is 5.00. The van der Waals surface area contributed by atoms with Crippen LogP contribution in [0.3, 0.4) is 0 Å². The molecular weight excluding hydrogens is 801 g/mol. The lowest BCUT2D eigenvalue weighted by atomic mass is 9.59. The Morgan fingerprint density at radius 2 is 1.05 bits per heavy atom. The molecule has 2 nitrogen and oxygen atoms in total. The van der Waals surface area contributed by atoms with Crippen molar-refractivity contribution in [2.75, 3.05) is 4.90 Å². The van der Waals surface area contributed by atoms with Crippen LogP contribution in [0.1, 0.15) is 22.3 Å². The number of thiophene rings is 1. The van der Waals surface area contributed by atoms with Crippen molar-refractivity contribution < 1.29 is 0 Å². The van der Waals surface area contributed by atoms with Crippen LogP contribution in [0.25, 0.3) is 69.6 Å². The van der Waals surface area contributed by atoms with Crippen LogP contribution in [0, 0.1) is 0 Å². The standard InChI is InChI=1S/C59H36N2S2/c1-2-17-38(18-3-1)61-50-26-9-5-20-42(50)43-33-31-40(36-52(43)61)60(51-27-14-30-56-58(51)45-21-6-10-28-53(45)62-56)39-32-34-55-49(35-39)59(47-24-8-11-29-54(47)63-55)46-23-7-4-19-41(46)44-22-12-15-37-16-13-25-48(59)57(37)44/h1-36H. The van der Waals surface area contributed by atoms with Crippen LogP contribution in [-0.2, 0) is 5.41 Å². The lowest BCUT2D eigenvalue weighted by molar-refractivity contribution is 0.707. The summed E-state index contributed by atoms with van der Waals surface area (Å²) in [6.07, 6.45) is 0. The van der Waals surface area contributed by atoms with Gasteiger partial charge in [0.2, 0.25) is 0 Å². The number of hydrogen-bond donors (Lipinski definition) is 0. The van der Waals surface area contributed by atoms with E-state index in [4.69, 9.17) is 0 Å². The molecule has 0 bridgehead atoms. The Morgan fingerprint density at radius 3 is 1.97 bits per heavy atom. The van der Waals surface area contributed by atoms with Crippen molar-refractivity contribution in [3.8, 4) is 16.8 Å². The molecule has 2 aromatic heterocycles. The predicted octanol–water partition coefficient (Wildman–Crippen LogP) is 16.6. The number of para-hydroxylation sites is 2. The topological polar surface area (TPSA) is 8.17 Å². The number of fused-ring (bicyclic) bond motifs is 14. The number of benzene rings is 10. The van der Waals surface area contributed by atoms with Crippen LogP contribution in [0.4, 0.5) is 17.1 Å². The van der Waals surface area contributed by atoms with E-state index in [2.05, 4.69) is 228 Å². The van der Waals surface area contributed by atoms with Gasteiger partial charge in [0.15, 0.2) is 0 Å². The number of anilines is 3. The Balaban J connectivity index is 1.10. The SMILES string of the molecule is c1ccc(-n2c3ccccc3c3ccc(N(c4ccc5c(c4)C4(c6ccccc6S5)c5ccccc5-c5cccc6cccc4c56)c4cccc5sc6ccccc6c45)cc32)cc1. The van der Waals surface area contributed by atoms with E-state index in [1.54, 1.807) is 0 Å². The maximum Gasteiger partial charge on any atom is 0.0736 e. The average Bonchev–Trinajstić information content (AvgIpc) is 3.89. The molecule has 1 aliphatic carbocycles. The van der Waals surface area contributed by atoms with Gasteiger partial charge in [0.05, 0.1) is 22.1 Å². The Hall–Kier alpha value is -7.37. The van der Waals surface area contributed by atoms with Crippen LogP contribution in [-0.4, -0.2) is 4.57 Å². The van der Waals surface area contributed by atoms with Gasteiger partial charge in [-0.05, 0) is 117 Å². The van der Waals surface area contributed by atoms with Gasteiger partial charge in [-0.2, -0.15) is 0 Å². The zero-order chi connectivity index (χ0) is 41.2. The van der Waals surface area contributed by atoms with Crippen LogP contribution >= 0.6 is 23.1 Å². The molecule has 0 saturated heterocycles. The van der Waals surface area contributed by atoms with Crippen LogP contribution in [0.2, 0.25) is 0 Å². The highest BCUT2D eigenvalue weighted by molar-refractivity contribution is 7.99. The molecule has 3 heterocycles. The fourth-order valence-electron chi connectivity index (χ4n) is 11.1. The minimum atomic E-state index is -0.561. The van der Waals surface area contributed by atoms with Crippen LogP contribution in [0.15, 0.2) is 228 Å². The quantitative estimate of drug-likeness (QED) is 0.174. The Labute approximate surface area is 372 Å². The number of hydrogen-bond acceptors (Lipinski definition) is 3. The highest BCUT2D eigenvalue weighted by Crippen LogP contribution is 2.62. The highest BCUT2D eigenvalue weighted by atomic mass is 32.2. The third-order valence-corrected chi connectivity index (χ3v) is 15.9. The van der Waals surface area contributed by atoms with E-state index in [-0.39, 0.29) is 0 Å². The molecule has 1 spiro atoms. The molecule has 14 rings (SSSR count). The van der Waals surface area contributed by atoms with Gasteiger partial charge in [0.1, 0.15) is 0 Å². The molecule has 12 aromatic rings. The average molecular weight is 837 g/mol. The third kappa shape index (κ3) is 4.85. The summed E-state index contributed by atoms with van der Waals surface area (Å²) in [4.78, 5) is 5.12. The third-order valence-electron chi connectivity index (χ3n) is 13.6. The molecule has 1 unspecified atom stereocenters. The van der Waals surface area contributed by atoms with E-state index in [9.17, 15) is 0 Å². The lowest BCUT2D eigenvalue weighted by Gasteiger charge is -2.46. The van der Waals surface area contributed by atoms with Gasteiger partial charge in [-0.25, -0.2) is 0 Å². The molecule has 0 radical (unpaired) electrons. The first-order valence-electron chi connectivity index (χ1n) is 21.6. The van der Waals surface area contributed by atoms with Gasteiger partial charge in [-0.15, -0.1) is 11.3 Å². The summed E-state index contributed by atoms with van der Waals surface area (Å²) in [6, 6.07) is 81.8. The summed E-state index contributed by atoms with van der Waals surface area (Å²) >= 11 is 3.77. The van der Waals surface area contributed by atoms with Crippen molar-refractivity contribution in [1.82, 2.24) is 4.57 Å². The van der Waals surface area contributed by atoms with Crippen LogP contribution in [0.5, 0.6) is 0 Å². The maximum absolute atomic E-state index is 2.54. The first kappa shape index (κ1) is 35.2. The predicted molar refractivity (Wildman–Crippen MR) is 267 cm³/mol. The minimum Gasteiger partial charge on any atom is -0.310 e. The Morgan fingerprint density at radius 1 is 0.397 bits per heavy atom. The second-order valence-electron chi connectivity index (χ2n) is 16.8. The van der Waals surface area contributed by atoms with Crippen LogP contribution < -0.4 is 4.90 Å². The zero-order valence-electron chi connectivity index (χ0n) is 34.0. The molecule has 0 fully saturated rings. The van der Waals surface area contributed by atoms with Gasteiger partial charge in [-0.1, -0.05) is 157 Å². The summed E-state index contributed by atoms with van der Waals surface area (Å²) in [5.41, 5.74) is 14.3. The van der Waals surface area contributed by atoms with Crippen molar-refractivity contribution in [2.45, 2.75) is 15.2 Å². The first-order chi connectivity index (χ1) is 31.3. The summed E-state index contributed by atoms with van der Waals surface area (Å²) in [5.74, 6) is 0. The van der Waals surface area contributed by atoms with Crippen molar-refractivity contribution in [1.29, 1.82) is 0 Å². The van der Waals surface area contributed by atoms with E-state index in [0.29, 0.717) is 0 Å². The summed E-state index contributed by atoms with van der Waals surface area (Å²) in [7, 11) is 0. The summed E-state index contributed by atoms with van der Waals surface area (Å²) in [6.45, 7) is 0. The lowest BCUT2D eigenvalue weighted by Crippen LogP contribution is -2.36.